The van der Waals surface area contributed by atoms with Crippen LogP contribution in [0.4, 0.5) is 24.7 Å². The Balaban J connectivity index is 1.73. The van der Waals surface area contributed by atoms with Gasteiger partial charge in [-0.25, -0.2) is 9.97 Å². The van der Waals surface area contributed by atoms with Gasteiger partial charge in [-0.15, -0.1) is 0 Å². The SMILES string of the molecule is CC(C)(O)C(=O)Nc1ccc(NC(=O)[C@H](CC2CCCC2)n2cnc(C(F)(F)F)c2)nc1. The van der Waals surface area contributed by atoms with Crippen LogP contribution in [0.2, 0.25) is 0 Å². The Kier molecular flexibility index (Phi) is 6.87. The summed E-state index contributed by atoms with van der Waals surface area (Å²) >= 11 is 0. The van der Waals surface area contributed by atoms with Crippen molar-refractivity contribution in [2.75, 3.05) is 10.6 Å². The Labute approximate surface area is 183 Å². The number of hydrogen-bond donors (Lipinski definition) is 3. The minimum Gasteiger partial charge on any atom is -0.381 e. The number of alkyl halides is 3. The number of carbonyl (C=O) groups is 2. The number of rotatable bonds is 7. The van der Waals surface area contributed by atoms with Gasteiger partial charge in [0.1, 0.15) is 17.5 Å². The highest BCUT2D eigenvalue weighted by atomic mass is 19.4. The van der Waals surface area contributed by atoms with Gasteiger partial charge < -0.3 is 20.3 Å². The number of pyridine rings is 1. The third kappa shape index (κ3) is 6.06. The summed E-state index contributed by atoms with van der Waals surface area (Å²) in [6.07, 6.45) is 2.93. The first-order valence-electron chi connectivity index (χ1n) is 10.3. The van der Waals surface area contributed by atoms with E-state index in [2.05, 4.69) is 20.6 Å². The molecular formula is C21H26F3N5O3. The Morgan fingerprint density at radius 1 is 1.19 bits per heavy atom. The van der Waals surface area contributed by atoms with Gasteiger partial charge in [-0.05, 0) is 38.3 Å². The molecule has 2 aromatic rings. The maximum atomic E-state index is 13.0. The molecule has 3 N–H and O–H groups in total. The lowest BCUT2D eigenvalue weighted by Crippen LogP contribution is -2.36. The van der Waals surface area contributed by atoms with Crippen LogP contribution in [0.1, 0.15) is 57.7 Å². The van der Waals surface area contributed by atoms with Crippen molar-refractivity contribution in [3.8, 4) is 0 Å². The number of aliphatic hydroxyl groups is 1. The molecule has 1 fully saturated rings. The van der Waals surface area contributed by atoms with Crippen LogP contribution < -0.4 is 10.6 Å². The Morgan fingerprint density at radius 3 is 2.41 bits per heavy atom. The number of hydrogen-bond acceptors (Lipinski definition) is 5. The van der Waals surface area contributed by atoms with Crippen LogP contribution in [-0.4, -0.2) is 37.1 Å². The van der Waals surface area contributed by atoms with Crippen molar-refractivity contribution in [2.45, 2.75) is 63.8 Å². The Hall–Kier alpha value is -2.95. The van der Waals surface area contributed by atoms with E-state index in [1.807, 2.05) is 0 Å². The van der Waals surface area contributed by atoms with Gasteiger partial charge in [-0.2, -0.15) is 13.2 Å². The molecule has 0 spiro atoms. The Morgan fingerprint density at radius 2 is 1.88 bits per heavy atom. The molecule has 0 aliphatic heterocycles. The van der Waals surface area contributed by atoms with Gasteiger partial charge >= 0.3 is 6.18 Å². The third-order valence-corrected chi connectivity index (χ3v) is 5.41. The molecule has 1 atom stereocenters. The van der Waals surface area contributed by atoms with E-state index in [-0.39, 0.29) is 11.7 Å². The van der Waals surface area contributed by atoms with Crippen molar-refractivity contribution in [1.82, 2.24) is 14.5 Å². The van der Waals surface area contributed by atoms with Gasteiger partial charge in [0.2, 0.25) is 5.91 Å². The summed E-state index contributed by atoms with van der Waals surface area (Å²) in [7, 11) is 0. The predicted molar refractivity (Wildman–Crippen MR) is 111 cm³/mol. The number of anilines is 2. The van der Waals surface area contributed by atoms with Crippen LogP contribution in [0.25, 0.3) is 0 Å². The zero-order valence-electron chi connectivity index (χ0n) is 17.8. The van der Waals surface area contributed by atoms with Crippen LogP contribution in [-0.2, 0) is 15.8 Å². The number of nitrogens with one attached hydrogen (secondary N) is 2. The fraction of sp³-hybridized carbons (Fsp3) is 0.524. The predicted octanol–water partition coefficient (Wildman–Crippen LogP) is 3.77. The van der Waals surface area contributed by atoms with E-state index < -0.39 is 35.3 Å². The van der Waals surface area contributed by atoms with Crippen molar-refractivity contribution >= 4 is 23.3 Å². The molecule has 0 radical (unpaired) electrons. The van der Waals surface area contributed by atoms with Gasteiger partial charge in [0, 0.05) is 6.20 Å². The minimum atomic E-state index is -4.59. The van der Waals surface area contributed by atoms with Crippen LogP contribution >= 0.6 is 0 Å². The lowest BCUT2D eigenvalue weighted by Gasteiger charge is -2.21. The van der Waals surface area contributed by atoms with Crippen molar-refractivity contribution < 1.29 is 27.9 Å². The number of aromatic nitrogens is 3. The van der Waals surface area contributed by atoms with Crippen molar-refractivity contribution in [3.05, 3.63) is 36.5 Å². The summed E-state index contributed by atoms with van der Waals surface area (Å²) < 4.78 is 40.2. The lowest BCUT2D eigenvalue weighted by molar-refractivity contribution is -0.141. The molecule has 1 aliphatic rings. The number of carbonyl (C=O) groups excluding carboxylic acids is 2. The maximum absolute atomic E-state index is 13.0. The molecule has 32 heavy (non-hydrogen) atoms. The van der Waals surface area contributed by atoms with Crippen LogP contribution in [0, 0.1) is 5.92 Å². The van der Waals surface area contributed by atoms with Gasteiger partial charge in [-0.1, -0.05) is 25.7 Å². The Bertz CT molecular complexity index is 945. The molecule has 0 unspecified atom stereocenters. The smallest absolute Gasteiger partial charge is 0.381 e. The number of halogens is 3. The van der Waals surface area contributed by atoms with Crippen LogP contribution in [0.15, 0.2) is 30.9 Å². The summed E-state index contributed by atoms with van der Waals surface area (Å²) in [5, 5.41) is 14.8. The number of imidazole rings is 1. The first-order chi connectivity index (χ1) is 14.9. The van der Waals surface area contributed by atoms with Crippen molar-refractivity contribution in [3.63, 3.8) is 0 Å². The lowest BCUT2D eigenvalue weighted by atomic mass is 9.97. The molecule has 1 saturated carbocycles. The van der Waals surface area contributed by atoms with E-state index in [9.17, 15) is 27.9 Å². The average Bonchev–Trinajstić information content (AvgIpc) is 3.38. The minimum absolute atomic E-state index is 0.184. The molecule has 11 heteroatoms. The number of nitrogens with zero attached hydrogens (tertiary/aromatic N) is 3. The van der Waals surface area contributed by atoms with E-state index in [0.29, 0.717) is 12.1 Å². The zero-order valence-corrected chi connectivity index (χ0v) is 17.8. The molecule has 1 aliphatic carbocycles. The summed E-state index contributed by atoms with van der Waals surface area (Å²) in [6.45, 7) is 2.68. The van der Waals surface area contributed by atoms with Gasteiger partial charge in [-0.3, -0.25) is 9.59 Å². The topological polar surface area (TPSA) is 109 Å². The molecule has 3 rings (SSSR count). The van der Waals surface area contributed by atoms with Gasteiger partial charge in [0.05, 0.1) is 18.2 Å². The molecule has 0 saturated heterocycles. The molecule has 2 amide bonds. The largest absolute Gasteiger partial charge is 0.434 e. The van der Waals surface area contributed by atoms with Crippen LogP contribution in [0.3, 0.4) is 0 Å². The molecule has 0 bridgehead atoms. The average molecular weight is 453 g/mol. The highest BCUT2D eigenvalue weighted by Crippen LogP contribution is 2.34. The standard InChI is InChI=1S/C21H26F3N5O3/c1-20(2,32)19(31)27-14-7-8-17(25-10-14)28-18(30)15(9-13-5-3-4-6-13)29-11-16(26-12-29)21(22,23)24/h7-8,10-13,15,32H,3-6,9H2,1-2H3,(H,27,31)(H,25,28,30)/t15-/m0/s1. The highest BCUT2D eigenvalue weighted by molar-refractivity contribution is 5.96. The fourth-order valence-corrected chi connectivity index (χ4v) is 3.61. The quantitative estimate of drug-likeness (QED) is 0.591. The molecule has 2 heterocycles. The van der Waals surface area contributed by atoms with E-state index in [1.165, 1.54) is 36.7 Å². The molecule has 0 aromatic carbocycles. The van der Waals surface area contributed by atoms with E-state index in [4.69, 9.17) is 0 Å². The zero-order chi connectivity index (χ0) is 23.5. The molecular weight excluding hydrogens is 427 g/mol. The molecule has 174 valence electrons. The number of amides is 2. The second-order valence-corrected chi connectivity index (χ2v) is 8.54. The summed E-state index contributed by atoms with van der Waals surface area (Å²) in [6, 6.07) is 2.09. The molecule has 8 nitrogen and oxygen atoms in total. The normalized spacial score (nSPS) is 16.1. The van der Waals surface area contributed by atoms with Gasteiger partial charge in [0.15, 0.2) is 5.69 Å². The third-order valence-electron chi connectivity index (χ3n) is 5.41. The summed E-state index contributed by atoms with van der Waals surface area (Å²) in [4.78, 5) is 32.3. The van der Waals surface area contributed by atoms with Crippen LogP contribution in [0.5, 0.6) is 0 Å². The summed E-state index contributed by atoms with van der Waals surface area (Å²) in [5.41, 5.74) is -2.30. The summed E-state index contributed by atoms with van der Waals surface area (Å²) in [5.74, 6) is -0.684. The van der Waals surface area contributed by atoms with Crippen molar-refractivity contribution in [2.24, 2.45) is 5.92 Å². The molecule has 2 aromatic heterocycles. The monoisotopic (exact) mass is 453 g/mol. The van der Waals surface area contributed by atoms with Crippen molar-refractivity contribution in [1.29, 1.82) is 0 Å². The fourth-order valence-electron chi connectivity index (χ4n) is 3.61. The van der Waals surface area contributed by atoms with E-state index >= 15 is 0 Å². The first-order valence-corrected chi connectivity index (χ1v) is 10.3. The van der Waals surface area contributed by atoms with Gasteiger partial charge in [0.25, 0.3) is 5.91 Å². The van der Waals surface area contributed by atoms with E-state index in [0.717, 1.165) is 38.2 Å². The maximum Gasteiger partial charge on any atom is 0.434 e. The highest BCUT2D eigenvalue weighted by Gasteiger charge is 2.35. The van der Waals surface area contributed by atoms with E-state index in [1.54, 1.807) is 0 Å². The second-order valence-electron chi connectivity index (χ2n) is 8.54. The second kappa shape index (κ2) is 9.27. The first kappa shape index (κ1) is 23.7.